The first-order valence-corrected chi connectivity index (χ1v) is 5.38. The van der Waals surface area contributed by atoms with E-state index in [1.807, 2.05) is 0 Å². The minimum Gasteiger partial charge on any atom is -0.747 e. The Labute approximate surface area is 85.6 Å². The molecule has 0 fully saturated rings. The topological polar surface area (TPSA) is 112 Å². The summed E-state index contributed by atoms with van der Waals surface area (Å²) in [5, 5.41) is 12.6. The van der Waals surface area contributed by atoms with E-state index in [0.717, 1.165) is 6.07 Å². The zero-order chi connectivity index (χ0) is 11.5. The molecule has 0 aliphatic rings. The Bertz CT molecular complexity index is 470. The maximum atomic E-state index is 10.4. The van der Waals surface area contributed by atoms with E-state index in [4.69, 9.17) is 0 Å². The average molecular weight is 231 g/mol. The molecular weight excluding hydrogens is 224 g/mol. The fourth-order valence-corrected chi connectivity index (χ4v) is 1.24. The molecule has 0 saturated carbocycles. The standard InChI is InChI=1S/C7H8N2O5S/c10-9(11)7-3-1-2-6(4-7)8-5-15(12,13)14/h1-4,8H,5H2,(H,12,13,14)/p-1. The summed E-state index contributed by atoms with van der Waals surface area (Å²) in [5.74, 6) is -0.797. The van der Waals surface area contributed by atoms with Crippen molar-refractivity contribution in [1.82, 2.24) is 0 Å². The van der Waals surface area contributed by atoms with Gasteiger partial charge < -0.3 is 9.87 Å². The van der Waals surface area contributed by atoms with Crippen LogP contribution in [0.4, 0.5) is 11.4 Å². The van der Waals surface area contributed by atoms with E-state index in [2.05, 4.69) is 5.32 Å². The molecule has 0 atom stereocenters. The van der Waals surface area contributed by atoms with Crippen molar-refractivity contribution in [1.29, 1.82) is 0 Å². The van der Waals surface area contributed by atoms with E-state index in [1.165, 1.54) is 18.2 Å². The molecule has 0 spiro atoms. The lowest BCUT2D eigenvalue weighted by molar-refractivity contribution is -0.384. The molecule has 82 valence electrons. The number of nitro groups is 1. The number of nitrogens with one attached hydrogen (secondary N) is 1. The lowest BCUT2D eigenvalue weighted by atomic mass is 10.3. The predicted molar refractivity (Wildman–Crippen MR) is 51.3 cm³/mol. The lowest BCUT2D eigenvalue weighted by Gasteiger charge is -2.09. The second-order valence-corrected chi connectivity index (χ2v) is 4.09. The van der Waals surface area contributed by atoms with Gasteiger partial charge in [-0.15, -0.1) is 0 Å². The molecule has 0 unspecified atom stereocenters. The molecule has 1 aromatic carbocycles. The molecule has 8 heteroatoms. The van der Waals surface area contributed by atoms with Crippen molar-refractivity contribution < 1.29 is 17.9 Å². The van der Waals surface area contributed by atoms with Crippen molar-refractivity contribution in [3.05, 3.63) is 34.4 Å². The summed E-state index contributed by atoms with van der Waals surface area (Å²) in [6, 6.07) is 5.22. The van der Waals surface area contributed by atoms with Crippen LogP contribution in [0.25, 0.3) is 0 Å². The van der Waals surface area contributed by atoms with Crippen LogP contribution < -0.4 is 5.32 Å². The molecule has 1 aromatic rings. The Morgan fingerprint density at radius 3 is 2.60 bits per heavy atom. The van der Waals surface area contributed by atoms with E-state index >= 15 is 0 Å². The van der Waals surface area contributed by atoms with Gasteiger partial charge in [0.25, 0.3) is 5.69 Å². The number of hydrogen-bond acceptors (Lipinski definition) is 6. The van der Waals surface area contributed by atoms with Gasteiger partial charge in [0, 0.05) is 17.8 Å². The summed E-state index contributed by atoms with van der Waals surface area (Å²) in [5.41, 5.74) is 0.0342. The van der Waals surface area contributed by atoms with Gasteiger partial charge in [0.2, 0.25) is 0 Å². The van der Waals surface area contributed by atoms with Crippen LogP contribution >= 0.6 is 0 Å². The maximum Gasteiger partial charge on any atom is 0.271 e. The molecular formula is C7H7N2O5S-. The van der Waals surface area contributed by atoms with Gasteiger partial charge in [0.15, 0.2) is 0 Å². The molecule has 0 heterocycles. The van der Waals surface area contributed by atoms with E-state index in [-0.39, 0.29) is 11.4 Å². The van der Waals surface area contributed by atoms with E-state index < -0.39 is 20.9 Å². The number of anilines is 1. The van der Waals surface area contributed by atoms with Gasteiger partial charge in [0.1, 0.15) is 16.0 Å². The van der Waals surface area contributed by atoms with Gasteiger partial charge in [-0.2, -0.15) is 0 Å². The number of nitro benzene ring substituents is 1. The van der Waals surface area contributed by atoms with Crippen LogP contribution in [0.15, 0.2) is 24.3 Å². The number of hydrogen-bond donors (Lipinski definition) is 1. The van der Waals surface area contributed by atoms with Crippen molar-refractivity contribution >= 4 is 21.5 Å². The van der Waals surface area contributed by atoms with Gasteiger partial charge >= 0.3 is 0 Å². The zero-order valence-electron chi connectivity index (χ0n) is 7.41. The van der Waals surface area contributed by atoms with E-state index in [9.17, 15) is 23.1 Å². The molecule has 15 heavy (non-hydrogen) atoms. The monoisotopic (exact) mass is 231 g/mol. The number of nitrogens with zero attached hydrogens (tertiary/aromatic N) is 1. The van der Waals surface area contributed by atoms with Crippen LogP contribution in [-0.4, -0.2) is 23.8 Å². The Kier molecular flexibility index (Phi) is 3.22. The fraction of sp³-hybridized carbons (Fsp3) is 0.143. The smallest absolute Gasteiger partial charge is 0.271 e. The van der Waals surface area contributed by atoms with Gasteiger partial charge in [-0.3, -0.25) is 10.1 Å². The minimum absolute atomic E-state index is 0.178. The first kappa shape index (κ1) is 11.4. The van der Waals surface area contributed by atoms with E-state index in [1.54, 1.807) is 0 Å². The predicted octanol–water partition coefficient (Wildman–Crippen LogP) is 0.509. The third-order valence-electron chi connectivity index (χ3n) is 1.51. The quantitative estimate of drug-likeness (QED) is 0.459. The molecule has 0 radical (unpaired) electrons. The van der Waals surface area contributed by atoms with Crippen molar-refractivity contribution in [3.8, 4) is 0 Å². The van der Waals surface area contributed by atoms with Crippen LogP contribution in [0, 0.1) is 10.1 Å². The fourth-order valence-electron chi connectivity index (χ4n) is 0.901. The minimum atomic E-state index is -4.39. The average Bonchev–Trinajstić information content (AvgIpc) is 2.14. The number of non-ortho nitro benzene ring substituents is 1. The molecule has 0 bridgehead atoms. The summed E-state index contributed by atoms with van der Waals surface area (Å²) >= 11 is 0. The number of rotatable bonds is 4. The third-order valence-corrected chi connectivity index (χ3v) is 2.01. The first-order chi connectivity index (χ1) is 6.88. The van der Waals surface area contributed by atoms with Crippen molar-refractivity contribution in [2.75, 3.05) is 11.2 Å². The van der Waals surface area contributed by atoms with Crippen LogP contribution in [-0.2, 0) is 10.1 Å². The number of benzene rings is 1. The van der Waals surface area contributed by atoms with Crippen molar-refractivity contribution in [3.63, 3.8) is 0 Å². The highest BCUT2D eigenvalue weighted by Crippen LogP contribution is 2.16. The molecule has 7 nitrogen and oxygen atoms in total. The summed E-state index contributed by atoms with van der Waals surface area (Å²) in [6.07, 6.45) is 0. The second-order valence-electron chi connectivity index (χ2n) is 2.69. The van der Waals surface area contributed by atoms with Gasteiger partial charge in [-0.25, -0.2) is 8.42 Å². The largest absolute Gasteiger partial charge is 0.747 e. The second kappa shape index (κ2) is 4.24. The molecule has 1 rings (SSSR count). The van der Waals surface area contributed by atoms with Crippen molar-refractivity contribution in [2.24, 2.45) is 0 Å². The highest BCUT2D eigenvalue weighted by atomic mass is 32.2. The molecule has 1 N–H and O–H groups in total. The zero-order valence-corrected chi connectivity index (χ0v) is 8.23. The molecule has 0 aromatic heterocycles. The Balaban J connectivity index is 2.79. The van der Waals surface area contributed by atoms with Gasteiger partial charge in [0.05, 0.1) is 4.92 Å². The molecule has 0 saturated heterocycles. The van der Waals surface area contributed by atoms with Crippen LogP contribution in [0.5, 0.6) is 0 Å². The maximum absolute atomic E-state index is 10.4. The Morgan fingerprint density at radius 1 is 1.40 bits per heavy atom. The SMILES string of the molecule is O=[N+]([O-])c1cccc(NCS(=O)(=O)[O-])c1. The summed E-state index contributed by atoms with van der Waals surface area (Å²) < 4.78 is 30.8. The van der Waals surface area contributed by atoms with Crippen molar-refractivity contribution in [2.45, 2.75) is 0 Å². The molecule has 0 aliphatic carbocycles. The molecule has 0 amide bonds. The van der Waals surface area contributed by atoms with Crippen LogP contribution in [0.1, 0.15) is 0 Å². The lowest BCUT2D eigenvalue weighted by Crippen LogP contribution is -2.13. The summed E-state index contributed by atoms with van der Waals surface area (Å²) in [4.78, 5) is 9.74. The van der Waals surface area contributed by atoms with E-state index in [0.29, 0.717) is 0 Å². The van der Waals surface area contributed by atoms with Gasteiger partial charge in [-0.05, 0) is 6.07 Å². The van der Waals surface area contributed by atoms with Gasteiger partial charge in [-0.1, -0.05) is 6.07 Å². The highest BCUT2D eigenvalue weighted by Gasteiger charge is 2.05. The Hall–Kier alpha value is -1.67. The summed E-state index contributed by atoms with van der Waals surface area (Å²) in [6.45, 7) is 0. The first-order valence-electron chi connectivity index (χ1n) is 3.80. The molecule has 0 aliphatic heterocycles. The van der Waals surface area contributed by atoms with Crippen LogP contribution in [0.3, 0.4) is 0 Å². The highest BCUT2D eigenvalue weighted by molar-refractivity contribution is 7.85. The van der Waals surface area contributed by atoms with Crippen LogP contribution in [0.2, 0.25) is 0 Å². The third kappa shape index (κ3) is 3.92. The normalized spacial score (nSPS) is 11.0. The summed E-state index contributed by atoms with van der Waals surface area (Å²) in [7, 11) is -4.39. The Morgan fingerprint density at radius 2 is 2.07 bits per heavy atom.